The highest BCUT2D eigenvalue weighted by Crippen LogP contribution is 2.32. The molecule has 4 rings (SSSR count). The standard InChI is InChI=1S/C14H11NO2.C13H11NO4/c1-2-3-13(16)12-7-10-5-4-9(8-15)6-11(10)14(12)17;1-2-3-12(15)11-6-8-4-5-9(14(17)18)7-10(8)13(11)16/h1,4-6,12-13,16H,3,7H2;1,4-5,7,11-12,15H,3,6H2. The molecule has 2 N–H and O–H groups in total. The first-order valence-corrected chi connectivity index (χ1v) is 10.8. The fourth-order valence-corrected chi connectivity index (χ4v) is 4.35. The van der Waals surface area contributed by atoms with Crippen LogP contribution in [0.2, 0.25) is 0 Å². The Morgan fingerprint density at radius 2 is 1.43 bits per heavy atom. The Kier molecular flexibility index (Phi) is 7.79. The highest BCUT2D eigenvalue weighted by molar-refractivity contribution is 6.03. The molecular formula is C27H22N2O6. The fourth-order valence-electron chi connectivity index (χ4n) is 4.35. The zero-order valence-corrected chi connectivity index (χ0v) is 18.7. The van der Waals surface area contributed by atoms with Gasteiger partial charge >= 0.3 is 0 Å². The number of nitrogens with zero attached hydrogens (tertiary/aromatic N) is 2. The van der Waals surface area contributed by atoms with E-state index in [0.717, 1.165) is 11.1 Å². The van der Waals surface area contributed by atoms with E-state index in [2.05, 4.69) is 11.8 Å². The molecule has 8 nitrogen and oxygen atoms in total. The summed E-state index contributed by atoms with van der Waals surface area (Å²) in [6.07, 6.45) is 9.70. The van der Waals surface area contributed by atoms with E-state index >= 15 is 0 Å². The number of Topliss-reactive ketones (excluding diaryl/α,β-unsaturated/α-hetero) is 2. The number of non-ortho nitro benzene ring substituents is 1. The number of aliphatic hydroxyl groups excluding tert-OH is 2. The molecule has 35 heavy (non-hydrogen) atoms. The van der Waals surface area contributed by atoms with Crippen LogP contribution in [0.15, 0.2) is 36.4 Å². The zero-order chi connectivity index (χ0) is 25.7. The molecule has 4 atom stereocenters. The van der Waals surface area contributed by atoms with E-state index < -0.39 is 29.0 Å². The molecule has 0 bridgehead atoms. The second-order valence-electron chi connectivity index (χ2n) is 8.38. The number of hydrogen-bond donors (Lipinski definition) is 2. The number of nitro groups is 1. The van der Waals surface area contributed by atoms with Gasteiger partial charge in [0, 0.05) is 36.1 Å². The number of hydrogen-bond acceptors (Lipinski definition) is 7. The molecule has 176 valence electrons. The minimum absolute atomic E-state index is 0.104. The summed E-state index contributed by atoms with van der Waals surface area (Å²) in [4.78, 5) is 34.2. The van der Waals surface area contributed by atoms with E-state index in [-0.39, 0.29) is 30.1 Å². The summed E-state index contributed by atoms with van der Waals surface area (Å²) < 4.78 is 0. The highest BCUT2D eigenvalue weighted by Gasteiger charge is 2.36. The van der Waals surface area contributed by atoms with Gasteiger partial charge in [-0.15, -0.1) is 24.7 Å². The van der Waals surface area contributed by atoms with E-state index in [1.807, 2.05) is 6.07 Å². The molecule has 0 saturated heterocycles. The maximum absolute atomic E-state index is 12.0. The molecule has 0 spiro atoms. The highest BCUT2D eigenvalue weighted by atomic mass is 16.6. The van der Waals surface area contributed by atoms with E-state index in [4.69, 9.17) is 18.1 Å². The number of fused-ring (bicyclic) bond motifs is 2. The first-order chi connectivity index (χ1) is 16.7. The van der Waals surface area contributed by atoms with Gasteiger partial charge in [-0.05, 0) is 36.1 Å². The van der Waals surface area contributed by atoms with Crippen LogP contribution in [0, 0.1) is 58.0 Å². The summed E-state index contributed by atoms with van der Waals surface area (Å²) in [7, 11) is 0. The van der Waals surface area contributed by atoms with E-state index in [1.165, 1.54) is 12.1 Å². The third-order valence-corrected chi connectivity index (χ3v) is 6.21. The predicted molar refractivity (Wildman–Crippen MR) is 126 cm³/mol. The molecule has 2 aliphatic carbocycles. The van der Waals surface area contributed by atoms with Crippen LogP contribution >= 0.6 is 0 Å². The van der Waals surface area contributed by atoms with Crippen LogP contribution in [0.5, 0.6) is 0 Å². The number of benzene rings is 2. The summed E-state index contributed by atoms with van der Waals surface area (Å²) in [5.74, 6) is 3.24. The van der Waals surface area contributed by atoms with Crippen LogP contribution in [-0.4, -0.2) is 38.9 Å². The van der Waals surface area contributed by atoms with Gasteiger partial charge in [-0.25, -0.2) is 0 Å². The Hall–Kier alpha value is -4.29. The number of carbonyl (C=O) groups is 2. The minimum Gasteiger partial charge on any atom is -0.391 e. The SMILES string of the molecule is C#CCC(O)C1Cc2ccc(C#N)cc2C1=O.C#CCC(O)C1Cc2ccc([N+](=O)[O-])cc2C1=O. The fraction of sp³-hybridized carbons (Fsp3) is 0.296. The molecule has 0 radical (unpaired) electrons. The van der Waals surface area contributed by atoms with Crippen molar-refractivity contribution >= 4 is 17.3 Å². The van der Waals surface area contributed by atoms with Crippen LogP contribution in [0.1, 0.15) is 50.2 Å². The largest absolute Gasteiger partial charge is 0.391 e. The molecule has 2 aromatic carbocycles. The number of nitro benzene ring substituents is 1. The van der Waals surface area contributed by atoms with Gasteiger partial charge in [0.1, 0.15) is 0 Å². The van der Waals surface area contributed by atoms with Crippen molar-refractivity contribution in [1.82, 2.24) is 0 Å². The van der Waals surface area contributed by atoms with Crippen molar-refractivity contribution in [3.05, 3.63) is 74.3 Å². The number of ketones is 2. The first-order valence-electron chi connectivity index (χ1n) is 10.8. The van der Waals surface area contributed by atoms with E-state index in [9.17, 15) is 29.9 Å². The van der Waals surface area contributed by atoms with Crippen LogP contribution in [-0.2, 0) is 12.8 Å². The maximum Gasteiger partial charge on any atom is 0.270 e. The third-order valence-electron chi connectivity index (χ3n) is 6.21. The monoisotopic (exact) mass is 470 g/mol. The lowest BCUT2D eigenvalue weighted by Crippen LogP contribution is -2.25. The van der Waals surface area contributed by atoms with Gasteiger partial charge in [0.15, 0.2) is 11.6 Å². The molecule has 0 amide bonds. The van der Waals surface area contributed by atoms with Gasteiger partial charge in [0.25, 0.3) is 5.69 Å². The third kappa shape index (κ3) is 5.28. The van der Waals surface area contributed by atoms with Crippen molar-refractivity contribution in [3.8, 4) is 30.8 Å². The average molecular weight is 470 g/mol. The summed E-state index contributed by atoms with van der Waals surface area (Å²) >= 11 is 0. The lowest BCUT2D eigenvalue weighted by atomic mass is 9.96. The number of rotatable bonds is 5. The van der Waals surface area contributed by atoms with Gasteiger partial charge in [-0.3, -0.25) is 19.7 Å². The Balaban J connectivity index is 0.000000196. The summed E-state index contributed by atoms with van der Waals surface area (Å²) in [5.41, 5.74) is 2.83. The van der Waals surface area contributed by atoms with E-state index in [1.54, 1.807) is 24.3 Å². The van der Waals surface area contributed by atoms with Crippen LogP contribution < -0.4 is 0 Å². The molecule has 2 aromatic rings. The Bertz CT molecular complexity index is 1310. The van der Waals surface area contributed by atoms with Gasteiger partial charge in [-0.1, -0.05) is 12.1 Å². The number of carbonyl (C=O) groups excluding carboxylic acids is 2. The molecular weight excluding hydrogens is 448 g/mol. The Morgan fingerprint density at radius 3 is 1.89 bits per heavy atom. The molecule has 8 heteroatoms. The van der Waals surface area contributed by atoms with Gasteiger partial charge < -0.3 is 10.2 Å². The predicted octanol–water partition coefficient (Wildman–Crippen LogP) is 2.63. The minimum atomic E-state index is -0.894. The van der Waals surface area contributed by atoms with Crippen LogP contribution in [0.4, 0.5) is 5.69 Å². The lowest BCUT2D eigenvalue weighted by molar-refractivity contribution is -0.384. The normalized spacial score (nSPS) is 19.2. The molecule has 0 aliphatic heterocycles. The van der Waals surface area contributed by atoms with Gasteiger partial charge in [0.2, 0.25) is 0 Å². The van der Waals surface area contributed by atoms with Gasteiger partial charge in [0.05, 0.1) is 40.6 Å². The molecule has 0 aromatic heterocycles. The van der Waals surface area contributed by atoms with Crippen molar-refractivity contribution in [2.24, 2.45) is 11.8 Å². The number of terminal acetylenes is 2. The smallest absolute Gasteiger partial charge is 0.270 e. The topological polar surface area (TPSA) is 142 Å². The summed E-state index contributed by atoms with van der Waals surface area (Å²) in [6.45, 7) is 0. The van der Waals surface area contributed by atoms with E-state index in [0.29, 0.717) is 29.5 Å². The lowest BCUT2D eigenvalue weighted by Gasteiger charge is -2.13. The number of aliphatic hydroxyl groups is 2. The Labute approximate surface area is 202 Å². The molecule has 0 saturated carbocycles. The second-order valence-corrected chi connectivity index (χ2v) is 8.38. The molecule has 2 aliphatic rings. The van der Waals surface area contributed by atoms with Crippen molar-refractivity contribution < 1.29 is 24.7 Å². The van der Waals surface area contributed by atoms with Gasteiger partial charge in [-0.2, -0.15) is 5.26 Å². The summed E-state index contributed by atoms with van der Waals surface area (Å²) in [6, 6.07) is 11.2. The second kappa shape index (κ2) is 10.8. The van der Waals surface area contributed by atoms with Crippen LogP contribution in [0.3, 0.4) is 0 Å². The average Bonchev–Trinajstić information content (AvgIpc) is 3.36. The van der Waals surface area contributed by atoms with Crippen molar-refractivity contribution in [1.29, 1.82) is 5.26 Å². The maximum atomic E-state index is 12.0. The quantitative estimate of drug-likeness (QED) is 0.389. The molecule has 0 heterocycles. The molecule has 0 fully saturated rings. The Morgan fingerprint density at radius 1 is 0.943 bits per heavy atom. The first kappa shape index (κ1) is 25.3. The van der Waals surface area contributed by atoms with Crippen molar-refractivity contribution in [3.63, 3.8) is 0 Å². The summed E-state index contributed by atoms with van der Waals surface area (Å²) in [5, 5.41) is 39.0. The van der Waals surface area contributed by atoms with Crippen molar-refractivity contribution in [2.75, 3.05) is 0 Å². The zero-order valence-electron chi connectivity index (χ0n) is 18.7. The number of nitriles is 1. The van der Waals surface area contributed by atoms with Crippen LogP contribution in [0.25, 0.3) is 0 Å². The van der Waals surface area contributed by atoms with Crippen molar-refractivity contribution in [2.45, 2.75) is 37.9 Å². The molecule has 4 unspecified atom stereocenters.